The first-order valence-electron chi connectivity index (χ1n) is 6.11. The van der Waals surface area contributed by atoms with Gasteiger partial charge in [-0.1, -0.05) is 42.5 Å². The minimum atomic E-state index is -2.56. The molecule has 1 atom stereocenters. The zero-order chi connectivity index (χ0) is 12.7. The zero-order valence-electron chi connectivity index (χ0n) is 11.1. The largest absolute Gasteiger partial charge is 0.324 e. The van der Waals surface area contributed by atoms with Crippen molar-refractivity contribution < 1.29 is 5.48 Å². The third kappa shape index (κ3) is 1.43. The molecule has 0 amide bonds. The highest BCUT2D eigenvalue weighted by Crippen LogP contribution is 2.22. The molecule has 0 aliphatic rings. The maximum absolute atomic E-state index is 7.92. The summed E-state index contributed by atoms with van der Waals surface area (Å²) in [6.45, 7) is -2.56. The van der Waals surface area contributed by atoms with Gasteiger partial charge in [-0.3, -0.25) is 0 Å². The average Bonchev–Trinajstić information content (AvgIpc) is 2.26. The van der Waals surface area contributed by atoms with Crippen LogP contribution in [0.2, 0.25) is 0 Å². The molecule has 0 aromatic heterocycles. The normalized spacial score (nSPS) is 21.0. The molecule has 2 aromatic carbocycles. The first-order valence-corrected chi connectivity index (χ1v) is 4.11. The van der Waals surface area contributed by atoms with Crippen molar-refractivity contribution >= 4 is 10.8 Å². The highest BCUT2D eigenvalue weighted by Gasteiger charge is 2.02. The lowest BCUT2D eigenvalue weighted by molar-refractivity contribution is 0.827. The summed E-state index contributed by atoms with van der Waals surface area (Å²) in [4.78, 5) is 0. The molecule has 0 saturated heterocycles. The van der Waals surface area contributed by atoms with Crippen LogP contribution in [0, 0.1) is 0 Å². The van der Waals surface area contributed by atoms with Crippen LogP contribution in [0.15, 0.2) is 42.5 Å². The second-order valence-electron chi connectivity index (χ2n) is 2.94. The molecule has 66 valence electrons. The Morgan fingerprint density at radius 1 is 1.23 bits per heavy atom. The molecule has 0 spiro atoms. The lowest BCUT2D eigenvalue weighted by atomic mass is 10.0. The van der Waals surface area contributed by atoms with Crippen molar-refractivity contribution in [1.29, 1.82) is 0 Å². The van der Waals surface area contributed by atoms with Gasteiger partial charge in [0.05, 0.1) is 1.37 Å². The van der Waals surface area contributed by atoms with Crippen LogP contribution in [0.5, 0.6) is 0 Å². The molecule has 0 saturated carbocycles. The van der Waals surface area contributed by atoms with Crippen LogP contribution in [0.4, 0.5) is 0 Å². The molecule has 1 nitrogen and oxygen atoms in total. The molecule has 1 heteroatoms. The van der Waals surface area contributed by atoms with Crippen molar-refractivity contribution in [2.24, 2.45) is 5.73 Å². The number of hydrogen-bond donors (Lipinski definition) is 1. The van der Waals surface area contributed by atoms with E-state index in [9.17, 15) is 0 Å². The average molecular weight is 175 g/mol. The van der Waals surface area contributed by atoms with Crippen LogP contribution in [0.1, 0.15) is 23.9 Å². The van der Waals surface area contributed by atoms with Gasteiger partial charge in [0.25, 0.3) is 0 Å². The van der Waals surface area contributed by atoms with Gasteiger partial charge >= 0.3 is 0 Å². The third-order valence-corrected chi connectivity index (χ3v) is 2.08. The van der Waals surface area contributed by atoms with E-state index in [1.54, 1.807) is 24.3 Å². The van der Waals surface area contributed by atoms with Crippen molar-refractivity contribution in [3.8, 4) is 0 Å². The Kier molecular flexibility index (Phi) is 1.17. The summed E-state index contributed by atoms with van der Waals surface area (Å²) in [7, 11) is 0. The van der Waals surface area contributed by atoms with Crippen LogP contribution < -0.4 is 5.73 Å². The topological polar surface area (TPSA) is 26.0 Å². The molecule has 2 N–H and O–H groups in total. The molecule has 2 rings (SSSR count). The summed E-state index contributed by atoms with van der Waals surface area (Å²) < 4.78 is 30.0. The molecule has 13 heavy (non-hydrogen) atoms. The fourth-order valence-corrected chi connectivity index (χ4v) is 1.46. The Balaban J connectivity index is 2.72. The molecule has 0 aliphatic carbocycles. The number of fused-ring (bicyclic) bond motifs is 1. The van der Waals surface area contributed by atoms with E-state index >= 15 is 0 Å². The molecule has 0 radical (unpaired) electrons. The standard InChI is InChI=1S/C12H13N/c1-9(13)11-8-4-6-10-5-2-3-7-12(10)11/h2-9H,13H2,1H3/i1D3,9D. The lowest BCUT2D eigenvalue weighted by Crippen LogP contribution is -2.05. The van der Waals surface area contributed by atoms with Gasteiger partial charge in [0.15, 0.2) is 0 Å². The summed E-state index contributed by atoms with van der Waals surface area (Å²) in [6.07, 6.45) is 0. The van der Waals surface area contributed by atoms with Gasteiger partial charge in [0.1, 0.15) is 0 Å². The van der Waals surface area contributed by atoms with E-state index in [2.05, 4.69) is 0 Å². The molecular weight excluding hydrogens is 158 g/mol. The first kappa shape index (κ1) is 4.77. The van der Waals surface area contributed by atoms with E-state index in [0.717, 1.165) is 5.39 Å². The van der Waals surface area contributed by atoms with Crippen LogP contribution in [0.3, 0.4) is 0 Å². The Hall–Kier alpha value is -1.34. The second-order valence-corrected chi connectivity index (χ2v) is 2.94. The lowest BCUT2D eigenvalue weighted by Gasteiger charge is -2.09. The molecule has 0 aliphatic heterocycles. The summed E-state index contributed by atoms with van der Waals surface area (Å²) in [5.74, 6) is 0. The maximum Gasteiger partial charge on any atom is 0.0511 e. The van der Waals surface area contributed by atoms with Gasteiger partial charge < -0.3 is 5.73 Å². The molecule has 1 unspecified atom stereocenters. The van der Waals surface area contributed by atoms with E-state index in [1.807, 2.05) is 18.2 Å². The maximum atomic E-state index is 7.92. The minimum absolute atomic E-state index is 0.329. The summed E-state index contributed by atoms with van der Waals surface area (Å²) in [5, 5.41) is 1.60. The Morgan fingerprint density at radius 3 is 2.85 bits per heavy atom. The van der Waals surface area contributed by atoms with E-state index in [4.69, 9.17) is 11.2 Å². The smallest absolute Gasteiger partial charge is 0.0511 e. The van der Waals surface area contributed by atoms with Crippen LogP contribution in [0.25, 0.3) is 10.8 Å². The van der Waals surface area contributed by atoms with Crippen LogP contribution in [-0.4, -0.2) is 0 Å². The van der Waals surface area contributed by atoms with Gasteiger partial charge in [0, 0.05) is 10.1 Å². The second kappa shape index (κ2) is 3.19. The number of hydrogen-bond acceptors (Lipinski definition) is 1. The predicted octanol–water partition coefficient (Wildman–Crippen LogP) is 2.86. The SMILES string of the molecule is [2H]C([2H])([2H])C([2H])(N)c1cccc2ccccc12. The Bertz CT molecular complexity index is 540. The summed E-state index contributed by atoms with van der Waals surface area (Å²) in [5.41, 5.74) is 6.01. The number of nitrogens with two attached hydrogens (primary N) is 1. The Morgan fingerprint density at radius 2 is 2.00 bits per heavy atom. The molecular formula is C12H13N. The van der Waals surface area contributed by atoms with Gasteiger partial charge in [-0.05, 0) is 23.2 Å². The van der Waals surface area contributed by atoms with Crippen molar-refractivity contribution in [3.05, 3.63) is 48.0 Å². The van der Waals surface area contributed by atoms with Crippen LogP contribution >= 0.6 is 0 Å². The van der Waals surface area contributed by atoms with Crippen molar-refractivity contribution in [2.45, 2.75) is 12.9 Å². The Labute approximate surface area is 83.8 Å². The van der Waals surface area contributed by atoms with Gasteiger partial charge in [0.2, 0.25) is 0 Å². The number of benzene rings is 2. The molecule has 0 fully saturated rings. The van der Waals surface area contributed by atoms with Gasteiger partial charge in [-0.25, -0.2) is 0 Å². The van der Waals surface area contributed by atoms with E-state index in [1.165, 1.54) is 0 Å². The molecule has 0 heterocycles. The molecule has 0 bridgehead atoms. The summed E-state index contributed by atoms with van der Waals surface area (Å²) >= 11 is 0. The highest BCUT2D eigenvalue weighted by atomic mass is 14.6. The fraction of sp³-hybridized carbons (Fsp3) is 0.167. The predicted molar refractivity (Wildman–Crippen MR) is 56.6 cm³/mol. The van der Waals surface area contributed by atoms with E-state index in [-0.39, 0.29) is 0 Å². The van der Waals surface area contributed by atoms with Gasteiger partial charge in [-0.15, -0.1) is 0 Å². The van der Waals surface area contributed by atoms with Crippen molar-refractivity contribution in [1.82, 2.24) is 0 Å². The first-order chi connectivity index (χ1) is 7.84. The van der Waals surface area contributed by atoms with Crippen LogP contribution in [-0.2, 0) is 0 Å². The highest BCUT2D eigenvalue weighted by molar-refractivity contribution is 5.85. The quantitative estimate of drug-likeness (QED) is 0.708. The fourth-order valence-electron chi connectivity index (χ4n) is 1.46. The van der Waals surface area contributed by atoms with Crippen molar-refractivity contribution in [3.63, 3.8) is 0 Å². The third-order valence-electron chi connectivity index (χ3n) is 2.08. The van der Waals surface area contributed by atoms with Gasteiger partial charge in [-0.2, -0.15) is 0 Å². The zero-order valence-corrected chi connectivity index (χ0v) is 7.12. The molecule has 2 aromatic rings. The minimum Gasteiger partial charge on any atom is -0.324 e. The monoisotopic (exact) mass is 175 g/mol. The van der Waals surface area contributed by atoms with Crippen molar-refractivity contribution in [2.75, 3.05) is 0 Å². The van der Waals surface area contributed by atoms with E-state index in [0.29, 0.717) is 10.9 Å². The number of rotatable bonds is 1. The van der Waals surface area contributed by atoms with E-state index < -0.39 is 12.9 Å². The summed E-state index contributed by atoms with van der Waals surface area (Å²) in [6, 6.07) is 10.4.